The Kier molecular flexibility index (Phi) is 7.74. The van der Waals surface area contributed by atoms with E-state index in [2.05, 4.69) is 18.4 Å². The molecular weight excluding hydrogens is 475 g/mol. The molecule has 0 N–H and O–H groups in total. The van der Waals surface area contributed by atoms with Crippen LogP contribution in [0.1, 0.15) is 52.2 Å². The standard InChI is InChI=1S/C26H26Cl2N2O2S/c1-2-3-14-29(26(32)19-6-10-21(28)11-7-19)17-24(31)30-15-12-23-22(13-16-33-23)25(30)18-4-8-20(27)9-5-18/h4-11,13,16,25H,2-3,12,14-15,17H2,1H3. The summed E-state index contributed by atoms with van der Waals surface area (Å²) in [6, 6.07) is 16.4. The molecule has 0 radical (unpaired) electrons. The highest BCUT2D eigenvalue weighted by Crippen LogP contribution is 2.38. The van der Waals surface area contributed by atoms with Crippen molar-refractivity contribution >= 4 is 46.4 Å². The number of halogens is 2. The molecule has 3 aromatic rings. The summed E-state index contributed by atoms with van der Waals surface area (Å²) in [6.07, 6.45) is 2.60. The molecule has 0 aliphatic carbocycles. The molecule has 2 amide bonds. The van der Waals surface area contributed by atoms with Gasteiger partial charge in [-0.1, -0.05) is 48.7 Å². The lowest BCUT2D eigenvalue weighted by Crippen LogP contribution is -2.47. The van der Waals surface area contributed by atoms with E-state index in [1.54, 1.807) is 40.5 Å². The summed E-state index contributed by atoms with van der Waals surface area (Å²) in [5.74, 6) is -0.199. The molecule has 172 valence electrons. The molecular formula is C26H26Cl2N2O2S. The zero-order valence-electron chi connectivity index (χ0n) is 18.5. The van der Waals surface area contributed by atoms with E-state index in [0.717, 1.165) is 30.4 Å². The van der Waals surface area contributed by atoms with Gasteiger partial charge in [-0.15, -0.1) is 11.3 Å². The van der Waals surface area contributed by atoms with Gasteiger partial charge in [0.2, 0.25) is 5.91 Å². The van der Waals surface area contributed by atoms with E-state index in [1.807, 2.05) is 29.2 Å². The molecule has 2 aromatic carbocycles. The van der Waals surface area contributed by atoms with E-state index in [4.69, 9.17) is 23.2 Å². The fraction of sp³-hybridized carbons (Fsp3) is 0.308. The molecule has 4 nitrogen and oxygen atoms in total. The highest BCUT2D eigenvalue weighted by atomic mass is 35.5. The quantitative estimate of drug-likeness (QED) is 0.372. The Morgan fingerprint density at radius 3 is 2.36 bits per heavy atom. The molecule has 0 saturated heterocycles. The third-order valence-electron chi connectivity index (χ3n) is 5.96. The molecule has 7 heteroatoms. The summed E-state index contributed by atoms with van der Waals surface area (Å²) in [5, 5.41) is 3.32. The van der Waals surface area contributed by atoms with Crippen LogP contribution in [0.15, 0.2) is 60.0 Å². The highest BCUT2D eigenvalue weighted by Gasteiger charge is 2.34. The number of fused-ring (bicyclic) bond motifs is 1. The molecule has 1 atom stereocenters. The lowest BCUT2D eigenvalue weighted by molar-refractivity contribution is -0.134. The second kappa shape index (κ2) is 10.7. The van der Waals surface area contributed by atoms with Gasteiger partial charge in [-0.05, 0) is 71.8 Å². The number of unbranched alkanes of at least 4 members (excludes halogenated alkanes) is 1. The van der Waals surface area contributed by atoms with Gasteiger partial charge in [-0.2, -0.15) is 0 Å². The van der Waals surface area contributed by atoms with Gasteiger partial charge in [0.05, 0.1) is 6.04 Å². The molecule has 0 bridgehead atoms. The topological polar surface area (TPSA) is 40.6 Å². The molecule has 1 aliphatic heterocycles. The summed E-state index contributed by atoms with van der Waals surface area (Å²) in [5.41, 5.74) is 2.72. The van der Waals surface area contributed by atoms with Gasteiger partial charge in [0.15, 0.2) is 0 Å². The van der Waals surface area contributed by atoms with E-state index >= 15 is 0 Å². The maximum Gasteiger partial charge on any atom is 0.254 e. The zero-order chi connectivity index (χ0) is 23.4. The first-order valence-electron chi connectivity index (χ1n) is 11.1. The number of amides is 2. The molecule has 2 heterocycles. The molecule has 0 spiro atoms. The number of hydrogen-bond acceptors (Lipinski definition) is 3. The van der Waals surface area contributed by atoms with E-state index < -0.39 is 0 Å². The van der Waals surface area contributed by atoms with Gasteiger partial charge in [0, 0.05) is 33.6 Å². The molecule has 1 unspecified atom stereocenters. The van der Waals surface area contributed by atoms with Crippen LogP contribution in [0.2, 0.25) is 10.0 Å². The van der Waals surface area contributed by atoms with Crippen LogP contribution in [-0.4, -0.2) is 41.2 Å². The summed E-state index contributed by atoms with van der Waals surface area (Å²) in [4.78, 5) is 31.7. The first-order valence-corrected chi connectivity index (χ1v) is 12.8. The average molecular weight is 501 g/mol. The Bertz CT molecular complexity index is 1110. The molecule has 0 saturated carbocycles. The lowest BCUT2D eigenvalue weighted by atomic mass is 9.93. The number of rotatable bonds is 7. The van der Waals surface area contributed by atoms with Crippen LogP contribution < -0.4 is 0 Å². The third kappa shape index (κ3) is 5.43. The number of carbonyl (C=O) groups excluding carboxylic acids is 2. The van der Waals surface area contributed by atoms with Crippen molar-refractivity contribution in [2.24, 2.45) is 0 Å². The maximum absolute atomic E-state index is 13.6. The second-order valence-electron chi connectivity index (χ2n) is 8.18. The largest absolute Gasteiger partial charge is 0.330 e. The van der Waals surface area contributed by atoms with Gasteiger partial charge in [0.1, 0.15) is 6.54 Å². The van der Waals surface area contributed by atoms with E-state index in [1.165, 1.54) is 4.88 Å². The Labute approximate surface area is 208 Å². The van der Waals surface area contributed by atoms with Crippen LogP contribution in [-0.2, 0) is 11.2 Å². The minimum absolute atomic E-state index is 0.0466. The SMILES string of the molecule is CCCCN(CC(=O)N1CCc2sccc2C1c1ccc(Cl)cc1)C(=O)c1ccc(Cl)cc1. The van der Waals surface area contributed by atoms with Crippen LogP contribution in [0, 0.1) is 0 Å². The number of thiophene rings is 1. The second-order valence-corrected chi connectivity index (χ2v) is 10.1. The Morgan fingerprint density at radius 1 is 1.03 bits per heavy atom. The zero-order valence-corrected chi connectivity index (χ0v) is 20.8. The smallest absolute Gasteiger partial charge is 0.254 e. The molecule has 1 aromatic heterocycles. The Morgan fingerprint density at radius 2 is 1.70 bits per heavy atom. The molecule has 0 fully saturated rings. The average Bonchev–Trinajstić information content (AvgIpc) is 3.30. The van der Waals surface area contributed by atoms with Gasteiger partial charge in [-0.3, -0.25) is 9.59 Å². The summed E-state index contributed by atoms with van der Waals surface area (Å²) in [6.45, 7) is 3.28. The van der Waals surface area contributed by atoms with Crippen LogP contribution in [0.5, 0.6) is 0 Å². The normalized spacial score (nSPS) is 15.2. The van der Waals surface area contributed by atoms with Crippen LogP contribution in [0.3, 0.4) is 0 Å². The highest BCUT2D eigenvalue weighted by molar-refractivity contribution is 7.10. The van der Waals surface area contributed by atoms with Crippen molar-refractivity contribution in [3.05, 3.63) is 91.6 Å². The summed E-state index contributed by atoms with van der Waals surface area (Å²) in [7, 11) is 0. The number of benzene rings is 2. The number of hydrogen-bond donors (Lipinski definition) is 0. The minimum Gasteiger partial charge on any atom is -0.330 e. The van der Waals surface area contributed by atoms with Crippen LogP contribution in [0.4, 0.5) is 0 Å². The fourth-order valence-corrected chi connectivity index (χ4v) is 5.38. The lowest BCUT2D eigenvalue weighted by Gasteiger charge is -2.37. The number of nitrogens with zero attached hydrogens (tertiary/aromatic N) is 2. The van der Waals surface area contributed by atoms with Gasteiger partial charge in [0.25, 0.3) is 5.91 Å². The van der Waals surface area contributed by atoms with E-state index in [-0.39, 0.29) is 24.4 Å². The fourth-order valence-electron chi connectivity index (χ4n) is 4.22. The van der Waals surface area contributed by atoms with Crippen molar-refractivity contribution in [2.45, 2.75) is 32.2 Å². The van der Waals surface area contributed by atoms with Crippen molar-refractivity contribution in [2.75, 3.05) is 19.6 Å². The van der Waals surface area contributed by atoms with Gasteiger partial charge >= 0.3 is 0 Å². The Hall–Kier alpha value is -2.34. The predicted molar refractivity (Wildman–Crippen MR) is 135 cm³/mol. The maximum atomic E-state index is 13.6. The first kappa shape index (κ1) is 23.8. The van der Waals surface area contributed by atoms with Gasteiger partial charge in [-0.25, -0.2) is 0 Å². The number of carbonyl (C=O) groups is 2. The van der Waals surface area contributed by atoms with Gasteiger partial charge < -0.3 is 9.80 Å². The van der Waals surface area contributed by atoms with E-state index in [0.29, 0.717) is 28.7 Å². The monoisotopic (exact) mass is 500 g/mol. The van der Waals surface area contributed by atoms with Crippen molar-refractivity contribution in [3.8, 4) is 0 Å². The van der Waals surface area contributed by atoms with Crippen molar-refractivity contribution in [1.82, 2.24) is 9.80 Å². The molecule has 4 rings (SSSR count). The minimum atomic E-state index is -0.177. The van der Waals surface area contributed by atoms with Crippen LogP contribution >= 0.6 is 34.5 Å². The Balaban J connectivity index is 1.60. The van der Waals surface area contributed by atoms with Crippen LogP contribution in [0.25, 0.3) is 0 Å². The van der Waals surface area contributed by atoms with Crippen molar-refractivity contribution < 1.29 is 9.59 Å². The first-order chi connectivity index (χ1) is 16.0. The third-order valence-corrected chi connectivity index (χ3v) is 7.46. The summed E-state index contributed by atoms with van der Waals surface area (Å²) < 4.78 is 0. The van der Waals surface area contributed by atoms with Crippen molar-refractivity contribution in [3.63, 3.8) is 0 Å². The molecule has 33 heavy (non-hydrogen) atoms. The van der Waals surface area contributed by atoms with Crippen molar-refractivity contribution in [1.29, 1.82) is 0 Å². The predicted octanol–water partition coefficient (Wildman–Crippen LogP) is 6.47. The summed E-state index contributed by atoms with van der Waals surface area (Å²) >= 11 is 13.8. The van der Waals surface area contributed by atoms with E-state index in [9.17, 15) is 9.59 Å². The molecule has 1 aliphatic rings.